The first-order valence-corrected chi connectivity index (χ1v) is 11.5. The Morgan fingerprint density at radius 3 is 2.03 bits per heavy atom. The van der Waals surface area contributed by atoms with E-state index >= 15 is 0 Å². The topological polar surface area (TPSA) is 105 Å². The molecule has 4 aliphatic rings. The van der Waals surface area contributed by atoms with Crippen LogP contribution >= 0.6 is 0 Å². The van der Waals surface area contributed by atoms with E-state index in [1.54, 1.807) is 20.8 Å². The van der Waals surface area contributed by atoms with Crippen LogP contribution in [-0.2, 0) is 38.1 Å². The van der Waals surface area contributed by atoms with Crippen molar-refractivity contribution in [3.63, 3.8) is 0 Å². The summed E-state index contributed by atoms with van der Waals surface area (Å²) in [6.45, 7) is 11.9. The van der Waals surface area contributed by atoms with Crippen LogP contribution in [0.1, 0.15) is 60.8 Å². The van der Waals surface area contributed by atoms with Crippen LogP contribution < -0.4 is 0 Å². The third-order valence-corrected chi connectivity index (χ3v) is 6.74. The number of esters is 4. The lowest BCUT2D eigenvalue weighted by Crippen LogP contribution is -2.33. The molecule has 4 rings (SSSR count). The molecule has 2 saturated carbocycles. The number of hydrogen-bond donors (Lipinski definition) is 0. The maximum Gasteiger partial charge on any atom is 0.312 e. The molecular formula is C24H36O8. The van der Waals surface area contributed by atoms with Crippen LogP contribution in [0.2, 0.25) is 0 Å². The number of ether oxygens (including phenoxy) is 4. The van der Waals surface area contributed by atoms with Crippen molar-refractivity contribution in [2.45, 2.75) is 66.9 Å². The fraction of sp³-hybridized carbons (Fsp3) is 0.833. The Morgan fingerprint density at radius 2 is 1.50 bits per heavy atom. The Morgan fingerprint density at radius 1 is 0.906 bits per heavy atom. The van der Waals surface area contributed by atoms with Gasteiger partial charge in [-0.25, -0.2) is 0 Å². The first kappa shape index (κ1) is 24.5. The minimum atomic E-state index is -0.511. The van der Waals surface area contributed by atoms with Gasteiger partial charge < -0.3 is 18.9 Å². The molecule has 6 unspecified atom stereocenters. The van der Waals surface area contributed by atoms with Gasteiger partial charge in [0.1, 0.15) is 12.7 Å². The van der Waals surface area contributed by atoms with Gasteiger partial charge in [-0.2, -0.15) is 0 Å². The Kier molecular flexibility index (Phi) is 6.91. The Hall–Kier alpha value is -2.12. The molecule has 0 N–H and O–H groups in total. The predicted octanol–water partition coefficient (Wildman–Crippen LogP) is 2.91. The summed E-state index contributed by atoms with van der Waals surface area (Å²) >= 11 is 0. The highest BCUT2D eigenvalue weighted by Gasteiger charge is 2.61. The van der Waals surface area contributed by atoms with Crippen LogP contribution in [0.4, 0.5) is 0 Å². The summed E-state index contributed by atoms with van der Waals surface area (Å²) < 4.78 is 20.6. The molecule has 4 fully saturated rings. The molecule has 0 aromatic heterocycles. The molecule has 2 bridgehead atoms. The van der Waals surface area contributed by atoms with Crippen molar-refractivity contribution in [1.82, 2.24) is 0 Å². The van der Waals surface area contributed by atoms with Gasteiger partial charge in [0.05, 0.1) is 35.9 Å². The summed E-state index contributed by atoms with van der Waals surface area (Å²) in [6.07, 6.45) is 2.65. The van der Waals surface area contributed by atoms with Crippen molar-refractivity contribution < 1.29 is 38.1 Å². The fourth-order valence-electron chi connectivity index (χ4n) is 4.78. The third kappa shape index (κ3) is 5.26. The fourth-order valence-corrected chi connectivity index (χ4v) is 4.78. The van der Waals surface area contributed by atoms with Crippen molar-refractivity contribution in [1.29, 1.82) is 0 Å². The molecule has 8 nitrogen and oxygen atoms in total. The van der Waals surface area contributed by atoms with Crippen LogP contribution in [0.5, 0.6) is 0 Å². The first-order valence-electron chi connectivity index (χ1n) is 11.5. The van der Waals surface area contributed by atoms with Crippen molar-refractivity contribution in [2.75, 3.05) is 19.8 Å². The minimum Gasteiger partial charge on any atom is -0.465 e. The van der Waals surface area contributed by atoms with Crippen LogP contribution in [0.25, 0.3) is 0 Å². The normalized spacial score (nSPS) is 32.7. The predicted molar refractivity (Wildman–Crippen MR) is 113 cm³/mol. The van der Waals surface area contributed by atoms with E-state index in [2.05, 4.69) is 0 Å². The van der Waals surface area contributed by atoms with E-state index in [4.69, 9.17) is 18.9 Å². The molecule has 32 heavy (non-hydrogen) atoms. The molecule has 0 amide bonds. The number of carbonyl (C=O) groups is 4. The van der Waals surface area contributed by atoms with Crippen molar-refractivity contribution in [3.05, 3.63) is 0 Å². The lowest BCUT2D eigenvalue weighted by atomic mass is 9.82. The van der Waals surface area contributed by atoms with Gasteiger partial charge >= 0.3 is 23.9 Å². The van der Waals surface area contributed by atoms with E-state index in [1.165, 1.54) is 0 Å². The zero-order valence-electron chi connectivity index (χ0n) is 20.0. The number of hydrogen-bond acceptors (Lipinski definition) is 8. The quantitative estimate of drug-likeness (QED) is 0.474. The minimum absolute atomic E-state index is 0.00835. The van der Waals surface area contributed by atoms with Crippen LogP contribution in [0.3, 0.4) is 0 Å². The second-order valence-electron chi connectivity index (χ2n) is 11.4. The van der Waals surface area contributed by atoms with Crippen molar-refractivity contribution in [3.8, 4) is 0 Å². The Bertz CT molecular complexity index is 759. The van der Waals surface area contributed by atoms with E-state index in [-0.39, 0.29) is 54.3 Å². The third-order valence-electron chi connectivity index (χ3n) is 6.74. The summed E-state index contributed by atoms with van der Waals surface area (Å²) in [5.41, 5.74) is -0.977. The molecule has 2 saturated heterocycles. The maximum atomic E-state index is 11.8. The van der Waals surface area contributed by atoms with Crippen LogP contribution in [0.15, 0.2) is 0 Å². The summed E-state index contributed by atoms with van der Waals surface area (Å²) in [7, 11) is 0. The van der Waals surface area contributed by atoms with E-state index in [1.807, 2.05) is 20.8 Å². The molecule has 2 heterocycles. The zero-order chi connectivity index (χ0) is 23.8. The molecule has 8 heteroatoms. The summed E-state index contributed by atoms with van der Waals surface area (Å²) in [6, 6.07) is 0. The van der Waals surface area contributed by atoms with Gasteiger partial charge in [0.15, 0.2) is 0 Å². The monoisotopic (exact) mass is 452 g/mol. The standard InChI is InChI=1S/C14H20O4.C10H16O4/c1-14(2,3)13(16)17-6-10-7-4-8-9(5-7)12(15)18-11(8)10;1-10(2,3)9(12)14-6-7-4-5-13-8(7)11/h7-11H,4-6H2,1-3H3;7H,4-6H2,1-3H3. The average molecular weight is 453 g/mol. The van der Waals surface area contributed by atoms with Gasteiger partial charge in [0.25, 0.3) is 0 Å². The molecular weight excluding hydrogens is 416 g/mol. The lowest BCUT2D eigenvalue weighted by molar-refractivity contribution is -0.157. The smallest absolute Gasteiger partial charge is 0.312 e. The Labute approximate surface area is 189 Å². The molecule has 6 atom stereocenters. The second-order valence-corrected chi connectivity index (χ2v) is 11.4. The molecule has 0 spiro atoms. The molecule has 0 aromatic rings. The number of rotatable bonds is 4. The largest absolute Gasteiger partial charge is 0.465 e. The van der Waals surface area contributed by atoms with Gasteiger partial charge in [-0.15, -0.1) is 0 Å². The molecule has 2 aliphatic heterocycles. The van der Waals surface area contributed by atoms with Crippen LogP contribution in [0, 0.1) is 40.4 Å². The average Bonchev–Trinajstić information content (AvgIpc) is 3.41. The van der Waals surface area contributed by atoms with E-state index in [0.29, 0.717) is 31.5 Å². The summed E-state index contributed by atoms with van der Waals surface area (Å²) in [5.74, 6) is 0.247. The van der Waals surface area contributed by atoms with Crippen molar-refractivity contribution in [2.24, 2.45) is 40.4 Å². The summed E-state index contributed by atoms with van der Waals surface area (Å²) in [5, 5.41) is 0. The first-order chi connectivity index (χ1) is 14.8. The van der Waals surface area contributed by atoms with Gasteiger partial charge in [-0.05, 0) is 66.7 Å². The number of cyclic esters (lactones) is 1. The zero-order valence-corrected chi connectivity index (χ0v) is 20.0. The molecule has 180 valence electrons. The SMILES string of the molecule is CC(C)(C)C(=O)OCC1C2CC3C(=O)OC1C3C2.CC(C)(C)C(=O)OCC1CCOC1=O. The van der Waals surface area contributed by atoms with E-state index in [9.17, 15) is 19.2 Å². The Balaban J connectivity index is 0.000000188. The number of fused-ring (bicyclic) bond motifs is 1. The van der Waals surface area contributed by atoms with Gasteiger partial charge in [0.2, 0.25) is 0 Å². The highest BCUT2D eigenvalue weighted by Crippen LogP contribution is 2.57. The van der Waals surface area contributed by atoms with Gasteiger partial charge in [-0.3, -0.25) is 19.2 Å². The maximum absolute atomic E-state index is 11.8. The number of carbonyl (C=O) groups excluding carboxylic acids is 4. The van der Waals surface area contributed by atoms with Crippen LogP contribution in [-0.4, -0.2) is 49.8 Å². The lowest BCUT2D eigenvalue weighted by Gasteiger charge is -2.26. The van der Waals surface area contributed by atoms with E-state index < -0.39 is 10.8 Å². The van der Waals surface area contributed by atoms with Gasteiger partial charge in [-0.1, -0.05) is 0 Å². The second kappa shape index (κ2) is 9.02. The summed E-state index contributed by atoms with van der Waals surface area (Å²) in [4.78, 5) is 45.7. The van der Waals surface area contributed by atoms with E-state index in [0.717, 1.165) is 12.8 Å². The highest BCUT2D eigenvalue weighted by molar-refractivity contribution is 5.78. The van der Waals surface area contributed by atoms with Crippen molar-refractivity contribution >= 4 is 23.9 Å². The molecule has 0 radical (unpaired) electrons. The van der Waals surface area contributed by atoms with Gasteiger partial charge in [0, 0.05) is 11.8 Å². The molecule has 0 aromatic carbocycles. The highest BCUT2D eigenvalue weighted by atomic mass is 16.6. The molecule has 2 aliphatic carbocycles.